The molecule has 0 unspecified atom stereocenters. The molecule has 0 bridgehead atoms. The van der Waals surface area contributed by atoms with Crippen LogP contribution in [0, 0.1) is 5.92 Å². The van der Waals surface area contributed by atoms with Crippen molar-refractivity contribution in [2.75, 3.05) is 0 Å². The average Bonchev–Trinajstić information content (AvgIpc) is 2.77. The van der Waals surface area contributed by atoms with Crippen molar-refractivity contribution in [2.24, 2.45) is 5.92 Å². The van der Waals surface area contributed by atoms with Gasteiger partial charge >= 0.3 is 0 Å². The molecule has 2 rings (SSSR count). The zero-order valence-electron chi connectivity index (χ0n) is 13.9. The second kappa shape index (κ2) is 6.94. The molecule has 1 saturated heterocycles. The lowest BCUT2D eigenvalue weighted by Gasteiger charge is -2.25. The predicted octanol–water partition coefficient (Wildman–Crippen LogP) is 2.20. The van der Waals surface area contributed by atoms with Crippen LogP contribution in [0.1, 0.15) is 56.0 Å². The van der Waals surface area contributed by atoms with E-state index in [2.05, 4.69) is 17.6 Å². The van der Waals surface area contributed by atoms with Gasteiger partial charge in [0, 0.05) is 17.5 Å². The number of nitrogens with one attached hydrogen (secondary N) is 2. The number of carbonyl (C=O) groups is 3. The third kappa shape index (κ3) is 4.65. The standard InChI is InChI=1S/C18H24N2O3/c1-4-9-18(2,3)20-17(23)13-7-5-12(6-8-13)10-14-11-15(21)19-16(14)22/h5-8,14H,4,9-11H2,1-3H3,(H,20,23)(H,19,21,22)/t14-/m1/s1. The molecule has 1 heterocycles. The fourth-order valence-corrected chi connectivity index (χ4v) is 2.92. The van der Waals surface area contributed by atoms with Crippen molar-refractivity contribution in [3.05, 3.63) is 35.4 Å². The topological polar surface area (TPSA) is 75.3 Å². The first kappa shape index (κ1) is 17.2. The third-order valence-electron chi connectivity index (χ3n) is 4.09. The molecule has 23 heavy (non-hydrogen) atoms. The summed E-state index contributed by atoms with van der Waals surface area (Å²) in [6.07, 6.45) is 2.68. The van der Waals surface area contributed by atoms with Crippen LogP contribution in [0.2, 0.25) is 0 Å². The van der Waals surface area contributed by atoms with Crippen LogP contribution in [0.3, 0.4) is 0 Å². The molecule has 0 saturated carbocycles. The Hall–Kier alpha value is -2.17. The summed E-state index contributed by atoms with van der Waals surface area (Å²) < 4.78 is 0. The van der Waals surface area contributed by atoms with E-state index in [9.17, 15) is 14.4 Å². The van der Waals surface area contributed by atoms with Gasteiger partial charge < -0.3 is 5.32 Å². The van der Waals surface area contributed by atoms with Gasteiger partial charge in [-0.05, 0) is 44.4 Å². The Morgan fingerprint density at radius 3 is 2.43 bits per heavy atom. The lowest BCUT2D eigenvalue weighted by molar-refractivity contribution is -0.125. The molecule has 1 fully saturated rings. The molecule has 124 valence electrons. The fraction of sp³-hybridized carbons (Fsp3) is 0.500. The zero-order chi connectivity index (χ0) is 17.0. The Morgan fingerprint density at radius 1 is 1.26 bits per heavy atom. The van der Waals surface area contributed by atoms with Crippen molar-refractivity contribution < 1.29 is 14.4 Å². The molecule has 1 aliphatic rings. The molecule has 0 aliphatic carbocycles. The molecule has 0 aromatic heterocycles. The van der Waals surface area contributed by atoms with E-state index in [1.807, 2.05) is 26.0 Å². The van der Waals surface area contributed by atoms with Crippen LogP contribution in [0.4, 0.5) is 0 Å². The van der Waals surface area contributed by atoms with Crippen LogP contribution in [-0.4, -0.2) is 23.3 Å². The van der Waals surface area contributed by atoms with Crippen molar-refractivity contribution in [1.82, 2.24) is 10.6 Å². The summed E-state index contributed by atoms with van der Waals surface area (Å²) in [6, 6.07) is 7.22. The molecule has 3 amide bonds. The molecule has 5 heteroatoms. The van der Waals surface area contributed by atoms with Crippen LogP contribution in [0.15, 0.2) is 24.3 Å². The van der Waals surface area contributed by atoms with E-state index in [-0.39, 0.29) is 35.6 Å². The number of hydrogen-bond donors (Lipinski definition) is 2. The number of benzene rings is 1. The Labute approximate surface area is 136 Å². The molecule has 1 aromatic carbocycles. The summed E-state index contributed by atoms with van der Waals surface area (Å²) >= 11 is 0. The van der Waals surface area contributed by atoms with Gasteiger partial charge in [0.25, 0.3) is 5.91 Å². The molecule has 0 spiro atoms. The summed E-state index contributed by atoms with van der Waals surface area (Å²) in [5.41, 5.74) is 1.32. The average molecular weight is 316 g/mol. The molecule has 0 radical (unpaired) electrons. The highest BCUT2D eigenvalue weighted by atomic mass is 16.2. The molecular weight excluding hydrogens is 292 g/mol. The van der Waals surface area contributed by atoms with E-state index in [1.165, 1.54) is 0 Å². The van der Waals surface area contributed by atoms with E-state index in [4.69, 9.17) is 0 Å². The van der Waals surface area contributed by atoms with Gasteiger partial charge in [0.2, 0.25) is 11.8 Å². The number of rotatable bonds is 6. The van der Waals surface area contributed by atoms with Crippen LogP contribution in [-0.2, 0) is 16.0 Å². The van der Waals surface area contributed by atoms with Crippen LogP contribution in [0.25, 0.3) is 0 Å². The normalized spacial score (nSPS) is 18.0. The molecule has 1 aromatic rings. The van der Waals surface area contributed by atoms with Gasteiger partial charge in [-0.15, -0.1) is 0 Å². The molecule has 5 nitrogen and oxygen atoms in total. The van der Waals surface area contributed by atoms with Gasteiger partial charge in [-0.2, -0.15) is 0 Å². The zero-order valence-corrected chi connectivity index (χ0v) is 13.9. The fourth-order valence-electron chi connectivity index (χ4n) is 2.92. The first-order chi connectivity index (χ1) is 10.8. The number of hydrogen-bond acceptors (Lipinski definition) is 3. The van der Waals surface area contributed by atoms with E-state index < -0.39 is 0 Å². The van der Waals surface area contributed by atoms with Crippen molar-refractivity contribution in [3.63, 3.8) is 0 Å². The number of imide groups is 1. The Kier molecular flexibility index (Phi) is 5.19. The minimum absolute atomic E-state index is 0.0937. The van der Waals surface area contributed by atoms with Gasteiger partial charge in [-0.25, -0.2) is 0 Å². The van der Waals surface area contributed by atoms with E-state index in [0.717, 1.165) is 18.4 Å². The third-order valence-corrected chi connectivity index (χ3v) is 4.09. The minimum Gasteiger partial charge on any atom is -0.347 e. The first-order valence-electron chi connectivity index (χ1n) is 8.06. The van der Waals surface area contributed by atoms with Gasteiger partial charge in [0.15, 0.2) is 0 Å². The minimum atomic E-state index is -0.300. The van der Waals surface area contributed by atoms with Crippen LogP contribution < -0.4 is 10.6 Å². The lowest BCUT2D eigenvalue weighted by Crippen LogP contribution is -2.43. The lowest BCUT2D eigenvalue weighted by atomic mass is 9.96. The maximum Gasteiger partial charge on any atom is 0.251 e. The van der Waals surface area contributed by atoms with Crippen molar-refractivity contribution >= 4 is 17.7 Å². The highest BCUT2D eigenvalue weighted by Crippen LogP contribution is 2.18. The van der Waals surface area contributed by atoms with E-state index in [0.29, 0.717) is 12.0 Å². The van der Waals surface area contributed by atoms with Gasteiger partial charge in [0.1, 0.15) is 0 Å². The van der Waals surface area contributed by atoms with Gasteiger partial charge in [0.05, 0.1) is 5.92 Å². The number of carbonyl (C=O) groups excluding carboxylic acids is 3. The van der Waals surface area contributed by atoms with Gasteiger partial charge in [-0.1, -0.05) is 25.5 Å². The van der Waals surface area contributed by atoms with Gasteiger partial charge in [-0.3, -0.25) is 19.7 Å². The summed E-state index contributed by atoms with van der Waals surface area (Å²) in [7, 11) is 0. The van der Waals surface area contributed by atoms with Crippen LogP contribution >= 0.6 is 0 Å². The Bertz CT molecular complexity index is 605. The monoisotopic (exact) mass is 316 g/mol. The predicted molar refractivity (Wildman–Crippen MR) is 87.9 cm³/mol. The molecule has 2 N–H and O–H groups in total. The maximum absolute atomic E-state index is 12.3. The Morgan fingerprint density at radius 2 is 1.91 bits per heavy atom. The first-order valence-corrected chi connectivity index (χ1v) is 8.06. The van der Waals surface area contributed by atoms with Crippen LogP contribution in [0.5, 0.6) is 0 Å². The molecule has 1 aliphatic heterocycles. The van der Waals surface area contributed by atoms with Crippen molar-refractivity contribution in [3.8, 4) is 0 Å². The highest BCUT2D eigenvalue weighted by molar-refractivity contribution is 6.03. The number of amides is 3. The summed E-state index contributed by atoms with van der Waals surface area (Å²) in [6.45, 7) is 6.11. The summed E-state index contributed by atoms with van der Waals surface area (Å²) in [4.78, 5) is 35.1. The highest BCUT2D eigenvalue weighted by Gasteiger charge is 2.30. The Balaban J connectivity index is 1.98. The van der Waals surface area contributed by atoms with Crippen molar-refractivity contribution in [1.29, 1.82) is 0 Å². The molecular formula is C18H24N2O3. The summed E-state index contributed by atoms with van der Waals surface area (Å²) in [5, 5.41) is 5.34. The van der Waals surface area contributed by atoms with E-state index in [1.54, 1.807) is 12.1 Å². The second-order valence-corrected chi connectivity index (χ2v) is 6.80. The van der Waals surface area contributed by atoms with Crippen molar-refractivity contribution in [2.45, 2.75) is 52.0 Å². The second-order valence-electron chi connectivity index (χ2n) is 6.80. The SMILES string of the molecule is CCCC(C)(C)NC(=O)c1ccc(C[C@@H]2CC(=O)NC2=O)cc1. The maximum atomic E-state index is 12.3. The quantitative estimate of drug-likeness (QED) is 0.790. The molecule has 1 atom stereocenters. The largest absolute Gasteiger partial charge is 0.347 e. The smallest absolute Gasteiger partial charge is 0.251 e. The van der Waals surface area contributed by atoms with E-state index >= 15 is 0 Å². The summed E-state index contributed by atoms with van der Waals surface area (Å²) in [5.74, 6) is -0.818.